The molecule has 0 aliphatic heterocycles. The van der Waals surface area contributed by atoms with Crippen molar-refractivity contribution < 1.29 is 14.3 Å². The van der Waals surface area contributed by atoms with Crippen molar-refractivity contribution in [3.05, 3.63) is 84.2 Å². The smallest absolute Gasteiger partial charge is 0.345 e. The van der Waals surface area contributed by atoms with Crippen LogP contribution < -0.4 is 9.47 Å². The predicted molar refractivity (Wildman–Crippen MR) is 116 cm³/mol. The average molecular weight is 401 g/mol. The van der Waals surface area contributed by atoms with Gasteiger partial charge in [-0.15, -0.1) is 0 Å². The summed E-state index contributed by atoms with van der Waals surface area (Å²) in [7, 11) is 4.07. The maximum absolute atomic E-state index is 12.7. The van der Waals surface area contributed by atoms with Gasteiger partial charge in [-0.25, -0.2) is 9.78 Å². The van der Waals surface area contributed by atoms with Crippen LogP contribution in [0, 0.1) is 0 Å². The van der Waals surface area contributed by atoms with Gasteiger partial charge in [0, 0.05) is 35.9 Å². The molecule has 0 unspecified atom stereocenters. The number of carbonyl (C=O) groups excluding carboxylic acids is 1. The lowest BCUT2D eigenvalue weighted by Gasteiger charge is -2.10. The third-order valence-electron chi connectivity index (χ3n) is 4.72. The molecule has 0 bridgehead atoms. The molecular formula is C24H23N3O3. The van der Waals surface area contributed by atoms with Crippen LogP contribution in [-0.2, 0) is 6.42 Å². The van der Waals surface area contributed by atoms with Gasteiger partial charge in [0.1, 0.15) is 11.5 Å². The van der Waals surface area contributed by atoms with Crippen molar-refractivity contribution in [2.45, 2.75) is 6.42 Å². The number of esters is 1. The van der Waals surface area contributed by atoms with Crippen LogP contribution in [0.4, 0.5) is 0 Å². The number of benzene rings is 2. The summed E-state index contributed by atoms with van der Waals surface area (Å²) in [6, 6.07) is 18.3. The molecule has 0 saturated carbocycles. The van der Waals surface area contributed by atoms with Gasteiger partial charge in [-0.05, 0) is 56.4 Å². The minimum atomic E-state index is -0.457. The topological polar surface area (TPSA) is 67.5 Å². The Morgan fingerprint density at radius 2 is 1.87 bits per heavy atom. The number of ether oxygens (including phenoxy) is 2. The van der Waals surface area contributed by atoms with Gasteiger partial charge in [-0.3, -0.25) is 0 Å². The highest BCUT2D eigenvalue weighted by Gasteiger charge is 2.15. The van der Waals surface area contributed by atoms with Crippen LogP contribution in [0.15, 0.2) is 73.1 Å². The number of hydrogen-bond donors (Lipinski definition) is 1. The highest BCUT2D eigenvalue weighted by molar-refractivity contribution is 5.95. The number of hydrogen-bond acceptors (Lipinski definition) is 5. The molecule has 2 aromatic carbocycles. The summed E-state index contributed by atoms with van der Waals surface area (Å²) in [6.07, 6.45) is 4.29. The lowest BCUT2D eigenvalue weighted by Crippen LogP contribution is -2.15. The third-order valence-corrected chi connectivity index (χ3v) is 4.72. The number of aromatic amines is 1. The number of nitrogens with zero attached hydrogens (tertiary/aromatic N) is 2. The number of likely N-dealkylation sites (N-methyl/N-ethyl adjacent to an activating group) is 1. The van der Waals surface area contributed by atoms with Gasteiger partial charge in [0.25, 0.3) is 0 Å². The maximum atomic E-state index is 12.7. The number of rotatable bonds is 7. The molecule has 0 amide bonds. The molecule has 4 rings (SSSR count). The molecule has 0 atom stereocenters. The van der Waals surface area contributed by atoms with E-state index in [1.54, 1.807) is 12.1 Å². The second-order valence-electron chi connectivity index (χ2n) is 7.24. The SMILES string of the molecule is CN(C)CCc1c[nH]c2cccc(OC(=O)c3ccc(Oc4ccccc4)nc3)c12. The minimum Gasteiger partial charge on any atom is -0.439 e. The van der Waals surface area contributed by atoms with E-state index in [2.05, 4.69) is 14.9 Å². The Balaban J connectivity index is 1.51. The van der Waals surface area contributed by atoms with Crippen LogP contribution >= 0.6 is 0 Å². The van der Waals surface area contributed by atoms with Crippen LogP contribution in [0.1, 0.15) is 15.9 Å². The largest absolute Gasteiger partial charge is 0.439 e. The number of H-pyrrole nitrogens is 1. The lowest BCUT2D eigenvalue weighted by atomic mass is 10.1. The lowest BCUT2D eigenvalue weighted by molar-refractivity contribution is 0.0736. The molecule has 0 spiro atoms. The Bertz CT molecular complexity index is 1140. The monoisotopic (exact) mass is 401 g/mol. The summed E-state index contributed by atoms with van der Waals surface area (Å²) >= 11 is 0. The zero-order valence-electron chi connectivity index (χ0n) is 17.0. The molecule has 0 radical (unpaired) electrons. The Kier molecular flexibility index (Phi) is 5.77. The van der Waals surface area contributed by atoms with E-state index in [0.717, 1.165) is 29.4 Å². The standard InChI is InChI=1S/C24H23N3O3/c1-27(2)14-13-17-15-25-20-9-6-10-21(23(17)20)30-24(28)18-11-12-22(26-16-18)29-19-7-4-3-5-8-19/h3-12,15-16,25H,13-14H2,1-2H3. The van der Waals surface area contributed by atoms with Gasteiger partial charge < -0.3 is 19.4 Å². The van der Waals surface area contributed by atoms with Crippen LogP contribution in [0.3, 0.4) is 0 Å². The molecule has 4 aromatic rings. The highest BCUT2D eigenvalue weighted by Crippen LogP contribution is 2.30. The van der Waals surface area contributed by atoms with Gasteiger partial charge in [0.15, 0.2) is 0 Å². The summed E-state index contributed by atoms with van der Waals surface area (Å²) < 4.78 is 11.4. The Hall–Kier alpha value is -3.64. The Morgan fingerprint density at radius 3 is 2.60 bits per heavy atom. The first-order chi connectivity index (χ1) is 14.6. The molecule has 2 aromatic heterocycles. The van der Waals surface area contributed by atoms with Crippen molar-refractivity contribution in [1.29, 1.82) is 0 Å². The summed E-state index contributed by atoms with van der Waals surface area (Å²) in [6.45, 7) is 0.905. The molecule has 2 heterocycles. The van der Waals surface area contributed by atoms with Crippen LogP contribution in [0.2, 0.25) is 0 Å². The van der Waals surface area contributed by atoms with Crippen LogP contribution in [0.5, 0.6) is 17.4 Å². The fourth-order valence-corrected chi connectivity index (χ4v) is 3.18. The van der Waals surface area contributed by atoms with E-state index >= 15 is 0 Å². The van der Waals surface area contributed by atoms with Crippen molar-refractivity contribution >= 4 is 16.9 Å². The zero-order valence-corrected chi connectivity index (χ0v) is 17.0. The first-order valence-electron chi connectivity index (χ1n) is 9.75. The molecule has 0 aliphatic carbocycles. The maximum Gasteiger partial charge on any atom is 0.345 e. The number of aromatic nitrogens is 2. The fraction of sp³-hybridized carbons (Fsp3) is 0.167. The van der Waals surface area contributed by atoms with Crippen molar-refractivity contribution in [3.63, 3.8) is 0 Å². The minimum absolute atomic E-state index is 0.359. The molecule has 0 saturated heterocycles. The molecule has 6 nitrogen and oxygen atoms in total. The third kappa shape index (κ3) is 4.50. The van der Waals surface area contributed by atoms with E-state index in [1.165, 1.54) is 6.20 Å². The molecular weight excluding hydrogens is 378 g/mol. The van der Waals surface area contributed by atoms with Crippen molar-refractivity contribution in [2.24, 2.45) is 0 Å². The average Bonchev–Trinajstić information content (AvgIpc) is 3.18. The van der Waals surface area contributed by atoms with E-state index in [4.69, 9.17) is 9.47 Å². The molecule has 0 aliphatic rings. The van der Waals surface area contributed by atoms with E-state index in [0.29, 0.717) is 22.9 Å². The van der Waals surface area contributed by atoms with Gasteiger partial charge in [-0.2, -0.15) is 0 Å². The molecule has 0 fully saturated rings. The number of pyridine rings is 1. The highest BCUT2D eigenvalue weighted by atomic mass is 16.5. The number of para-hydroxylation sites is 1. The first kappa shape index (κ1) is 19.7. The molecule has 1 N–H and O–H groups in total. The van der Waals surface area contributed by atoms with Crippen molar-refractivity contribution in [1.82, 2.24) is 14.9 Å². The number of carbonyl (C=O) groups is 1. The van der Waals surface area contributed by atoms with Crippen molar-refractivity contribution in [2.75, 3.05) is 20.6 Å². The van der Waals surface area contributed by atoms with Crippen LogP contribution in [0.25, 0.3) is 10.9 Å². The fourth-order valence-electron chi connectivity index (χ4n) is 3.18. The summed E-state index contributed by atoms with van der Waals surface area (Å²) in [5.74, 6) is 1.18. The van der Waals surface area contributed by atoms with Gasteiger partial charge in [0.2, 0.25) is 5.88 Å². The summed E-state index contributed by atoms with van der Waals surface area (Å²) in [5.41, 5.74) is 2.42. The Morgan fingerprint density at radius 1 is 1.03 bits per heavy atom. The predicted octanol–water partition coefficient (Wildman–Crippen LogP) is 4.68. The second kappa shape index (κ2) is 8.80. The first-order valence-corrected chi connectivity index (χ1v) is 9.75. The second-order valence-corrected chi connectivity index (χ2v) is 7.24. The van der Waals surface area contributed by atoms with E-state index in [1.807, 2.05) is 68.8 Å². The van der Waals surface area contributed by atoms with Gasteiger partial charge in [0.05, 0.1) is 5.56 Å². The van der Waals surface area contributed by atoms with Gasteiger partial charge >= 0.3 is 5.97 Å². The molecule has 152 valence electrons. The number of nitrogens with one attached hydrogen (secondary N) is 1. The summed E-state index contributed by atoms with van der Waals surface area (Å²) in [4.78, 5) is 22.3. The quantitative estimate of drug-likeness (QED) is 0.360. The van der Waals surface area contributed by atoms with E-state index < -0.39 is 5.97 Å². The zero-order chi connectivity index (χ0) is 20.9. The molecule has 30 heavy (non-hydrogen) atoms. The normalized spacial score (nSPS) is 11.0. The van der Waals surface area contributed by atoms with Crippen molar-refractivity contribution in [3.8, 4) is 17.4 Å². The van der Waals surface area contributed by atoms with E-state index in [-0.39, 0.29) is 0 Å². The summed E-state index contributed by atoms with van der Waals surface area (Å²) in [5, 5.41) is 0.935. The number of fused-ring (bicyclic) bond motifs is 1. The van der Waals surface area contributed by atoms with Crippen LogP contribution in [-0.4, -0.2) is 41.5 Å². The van der Waals surface area contributed by atoms with E-state index in [9.17, 15) is 4.79 Å². The molecule has 6 heteroatoms. The van der Waals surface area contributed by atoms with Gasteiger partial charge in [-0.1, -0.05) is 24.3 Å². The Labute approximate surface area is 175 Å².